The number of rotatable bonds is 15. The number of carbonyl (C=O) groups is 1. The number of ether oxygens (including phenoxy) is 1. The normalized spacial score (nSPS) is 12.3. The maximum absolute atomic E-state index is 11.4. The molecule has 0 saturated heterocycles. The smallest absolute Gasteiger partial charge is 0.305 e. The second-order valence-electron chi connectivity index (χ2n) is 6.26. The van der Waals surface area contributed by atoms with Crippen LogP contribution in [0.3, 0.4) is 0 Å². The zero-order chi connectivity index (χ0) is 15.8. The average Bonchev–Trinajstić information content (AvgIpc) is 2.50. The minimum Gasteiger partial charge on any atom is -0.465 e. The van der Waals surface area contributed by atoms with Crippen molar-refractivity contribution in [1.82, 2.24) is 0 Å². The van der Waals surface area contributed by atoms with Crippen LogP contribution in [0.2, 0.25) is 0 Å². The van der Waals surface area contributed by atoms with E-state index in [2.05, 4.69) is 6.92 Å². The lowest BCUT2D eigenvalue weighted by molar-refractivity contribution is -0.145. The molecule has 1 atom stereocenters. The number of aliphatic hydroxyl groups is 1. The first-order valence-electron chi connectivity index (χ1n) is 8.97. The minimum absolute atomic E-state index is 0.0475. The van der Waals surface area contributed by atoms with Crippen LogP contribution < -0.4 is 0 Å². The molecule has 0 saturated carbocycles. The maximum Gasteiger partial charge on any atom is 0.305 e. The van der Waals surface area contributed by atoms with E-state index in [-0.39, 0.29) is 18.5 Å². The van der Waals surface area contributed by atoms with Crippen molar-refractivity contribution < 1.29 is 14.6 Å². The van der Waals surface area contributed by atoms with Gasteiger partial charge in [0.15, 0.2) is 0 Å². The highest BCUT2D eigenvalue weighted by Crippen LogP contribution is 2.12. The van der Waals surface area contributed by atoms with E-state index >= 15 is 0 Å². The summed E-state index contributed by atoms with van der Waals surface area (Å²) >= 11 is 0. The monoisotopic (exact) mass is 300 g/mol. The lowest BCUT2D eigenvalue weighted by atomic mass is 10.1. The van der Waals surface area contributed by atoms with Crippen molar-refractivity contribution in [3.05, 3.63) is 0 Å². The van der Waals surface area contributed by atoms with Gasteiger partial charge in [0.1, 0.15) is 0 Å². The fourth-order valence-corrected chi connectivity index (χ4v) is 2.29. The Hall–Kier alpha value is -0.570. The topological polar surface area (TPSA) is 46.5 Å². The number of esters is 1. The Morgan fingerprint density at radius 1 is 0.905 bits per heavy atom. The fraction of sp³-hybridized carbons (Fsp3) is 0.944. The molecule has 0 aromatic heterocycles. The van der Waals surface area contributed by atoms with Gasteiger partial charge in [-0.3, -0.25) is 4.79 Å². The molecule has 0 aromatic carbocycles. The van der Waals surface area contributed by atoms with Gasteiger partial charge < -0.3 is 9.84 Å². The standard InChI is InChI=1S/C18H36O3/c1-3-4-5-6-7-8-9-10-11-12-13-14-18(20)21-16-17(2)15-19/h17,19H,3-16H2,1-2H3. The van der Waals surface area contributed by atoms with Crippen molar-refractivity contribution in [2.45, 2.75) is 90.9 Å². The van der Waals surface area contributed by atoms with Crippen molar-refractivity contribution in [1.29, 1.82) is 0 Å². The highest BCUT2D eigenvalue weighted by atomic mass is 16.5. The Labute approximate surface area is 131 Å². The van der Waals surface area contributed by atoms with E-state index in [0.717, 1.165) is 12.8 Å². The van der Waals surface area contributed by atoms with E-state index in [0.29, 0.717) is 13.0 Å². The molecule has 0 rings (SSSR count). The summed E-state index contributed by atoms with van der Waals surface area (Å²) < 4.78 is 5.09. The van der Waals surface area contributed by atoms with Crippen LogP contribution in [-0.2, 0) is 9.53 Å². The zero-order valence-corrected chi connectivity index (χ0v) is 14.2. The predicted molar refractivity (Wildman–Crippen MR) is 88.3 cm³/mol. The van der Waals surface area contributed by atoms with Crippen LogP contribution in [0.25, 0.3) is 0 Å². The number of aliphatic hydroxyl groups excluding tert-OH is 1. The molecule has 0 bridgehead atoms. The molecule has 0 spiro atoms. The summed E-state index contributed by atoms with van der Waals surface area (Å²) in [5, 5.41) is 8.83. The van der Waals surface area contributed by atoms with Crippen molar-refractivity contribution in [2.24, 2.45) is 5.92 Å². The lowest BCUT2D eigenvalue weighted by Gasteiger charge is -2.08. The molecule has 1 unspecified atom stereocenters. The lowest BCUT2D eigenvalue weighted by Crippen LogP contribution is -2.14. The SMILES string of the molecule is CCCCCCCCCCCCCC(=O)OCC(C)CO. The van der Waals surface area contributed by atoms with Crippen LogP contribution in [0.4, 0.5) is 0 Å². The second-order valence-corrected chi connectivity index (χ2v) is 6.26. The van der Waals surface area contributed by atoms with Crippen molar-refractivity contribution >= 4 is 5.97 Å². The third-order valence-electron chi connectivity index (χ3n) is 3.82. The molecule has 0 heterocycles. The van der Waals surface area contributed by atoms with Gasteiger partial charge in [-0.2, -0.15) is 0 Å². The summed E-state index contributed by atoms with van der Waals surface area (Å²) in [5.41, 5.74) is 0. The first kappa shape index (κ1) is 20.4. The second kappa shape index (κ2) is 15.8. The summed E-state index contributed by atoms with van der Waals surface area (Å²) in [5.74, 6) is -0.0718. The van der Waals surface area contributed by atoms with Crippen LogP contribution in [0.5, 0.6) is 0 Å². The number of carbonyl (C=O) groups excluding carboxylic acids is 1. The molecule has 0 radical (unpaired) electrons. The first-order chi connectivity index (χ1) is 10.2. The Balaban J connectivity index is 3.16. The molecular weight excluding hydrogens is 264 g/mol. The van der Waals surface area contributed by atoms with E-state index in [1.807, 2.05) is 6.92 Å². The van der Waals surface area contributed by atoms with Crippen LogP contribution in [-0.4, -0.2) is 24.3 Å². The quantitative estimate of drug-likeness (QED) is 0.347. The Morgan fingerprint density at radius 2 is 1.38 bits per heavy atom. The van der Waals surface area contributed by atoms with E-state index in [9.17, 15) is 4.79 Å². The van der Waals surface area contributed by atoms with Crippen LogP contribution in [0.15, 0.2) is 0 Å². The van der Waals surface area contributed by atoms with Gasteiger partial charge in [0.05, 0.1) is 6.61 Å². The Bertz CT molecular complexity index is 229. The summed E-state index contributed by atoms with van der Waals surface area (Å²) in [6.45, 7) is 4.54. The molecule has 0 aromatic rings. The van der Waals surface area contributed by atoms with Crippen molar-refractivity contribution in [2.75, 3.05) is 13.2 Å². The van der Waals surface area contributed by atoms with Crippen LogP contribution in [0, 0.1) is 5.92 Å². The highest BCUT2D eigenvalue weighted by Gasteiger charge is 2.06. The van der Waals surface area contributed by atoms with Crippen molar-refractivity contribution in [3.8, 4) is 0 Å². The van der Waals surface area contributed by atoms with Gasteiger partial charge in [-0.15, -0.1) is 0 Å². The molecule has 126 valence electrons. The van der Waals surface area contributed by atoms with E-state index in [1.165, 1.54) is 57.8 Å². The molecule has 3 heteroatoms. The number of hydrogen-bond donors (Lipinski definition) is 1. The molecule has 0 amide bonds. The van der Waals surface area contributed by atoms with Crippen molar-refractivity contribution in [3.63, 3.8) is 0 Å². The maximum atomic E-state index is 11.4. The number of unbranched alkanes of at least 4 members (excludes halogenated alkanes) is 10. The van der Waals surface area contributed by atoms with Crippen LogP contribution in [0.1, 0.15) is 90.9 Å². The third kappa shape index (κ3) is 15.6. The first-order valence-corrected chi connectivity index (χ1v) is 8.97. The highest BCUT2D eigenvalue weighted by molar-refractivity contribution is 5.69. The summed E-state index contributed by atoms with van der Waals surface area (Å²) in [6, 6.07) is 0. The molecule has 0 aliphatic carbocycles. The predicted octanol–water partition coefficient (Wildman–Crippen LogP) is 4.86. The Morgan fingerprint density at radius 3 is 1.86 bits per heavy atom. The van der Waals surface area contributed by atoms with Gasteiger partial charge in [-0.25, -0.2) is 0 Å². The minimum atomic E-state index is -0.119. The number of hydrogen-bond acceptors (Lipinski definition) is 3. The average molecular weight is 300 g/mol. The fourth-order valence-electron chi connectivity index (χ4n) is 2.29. The third-order valence-corrected chi connectivity index (χ3v) is 3.82. The molecule has 0 fully saturated rings. The molecule has 21 heavy (non-hydrogen) atoms. The van der Waals surface area contributed by atoms with Gasteiger partial charge in [0, 0.05) is 18.9 Å². The molecular formula is C18H36O3. The molecule has 0 aliphatic heterocycles. The van der Waals surface area contributed by atoms with Crippen LogP contribution >= 0.6 is 0 Å². The van der Waals surface area contributed by atoms with Gasteiger partial charge >= 0.3 is 5.97 Å². The van der Waals surface area contributed by atoms with Gasteiger partial charge in [-0.05, 0) is 6.42 Å². The van der Waals surface area contributed by atoms with Gasteiger partial charge in [0.2, 0.25) is 0 Å². The molecule has 3 nitrogen and oxygen atoms in total. The largest absolute Gasteiger partial charge is 0.465 e. The Kier molecular flexibility index (Phi) is 15.4. The van der Waals surface area contributed by atoms with Gasteiger partial charge in [-0.1, -0.05) is 78.1 Å². The summed E-state index contributed by atoms with van der Waals surface area (Å²) in [6.07, 6.45) is 14.7. The van der Waals surface area contributed by atoms with E-state index in [4.69, 9.17) is 9.84 Å². The van der Waals surface area contributed by atoms with Gasteiger partial charge in [0.25, 0.3) is 0 Å². The molecule has 0 aliphatic rings. The molecule has 1 N–H and O–H groups in total. The summed E-state index contributed by atoms with van der Waals surface area (Å²) in [4.78, 5) is 11.4. The van der Waals surface area contributed by atoms with E-state index in [1.54, 1.807) is 0 Å². The zero-order valence-electron chi connectivity index (χ0n) is 14.2. The summed E-state index contributed by atoms with van der Waals surface area (Å²) in [7, 11) is 0. The van der Waals surface area contributed by atoms with E-state index < -0.39 is 0 Å².